The van der Waals surface area contributed by atoms with Crippen molar-refractivity contribution in [3.05, 3.63) is 52.0 Å². The number of rotatable bonds is 5. The Labute approximate surface area is 156 Å². The summed E-state index contributed by atoms with van der Waals surface area (Å²) in [5.41, 5.74) is 8.00. The second kappa shape index (κ2) is 8.07. The Hall–Kier alpha value is -1.47. The maximum absolute atomic E-state index is 5.71. The predicted molar refractivity (Wildman–Crippen MR) is 106 cm³/mol. The number of anilines is 1. The van der Waals surface area contributed by atoms with Crippen LogP contribution in [-0.4, -0.2) is 21.9 Å². The maximum Gasteiger partial charge on any atom is 0.180 e. The van der Waals surface area contributed by atoms with Gasteiger partial charge in [-0.25, -0.2) is 9.97 Å². The van der Waals surface area contributed by atoms with Gasteiger partial charge in [-0.15, -0.1) is 35.1 Å². The lowest BCUT2D eigenvalue weighted by molar-refractivity contribution is 0.257. The van der Waals surface area contributed by atoms with Gasteiger partial charge in [0.05, 0.1) is 5.69 Å². The van der Waals surface area contributed by atoms with Crippen molar-refractivity contribution in [2.75, 3.05) is 12.8 Å². The summed E-state index contributed by atoms with van der Waals surface area (Å²) in [5.74, 6) is 0. The van der Waals surface area contributed by atoms with Crippen molar-refractivity contribution in [3.63, 3.8) is 0 Å². The molecule has 0 aliphatic rings. The molecule has 3 aromatic rings. The number of nitrogen functional groups attached to an aromatic ring is 1. The van der Waals surface area contributed by atoms with Crippen LogP contribution in [0.15, 0.2) is 36.5 Å². The van der Waals surface area contributed by atoms with Crippen molar-refractivity contribution in [2.24, 2.45) is 0 Å². The van der Waals surface area contributed by atoms with Crippen molar-refractivity contribution in [1.82, 2.24) is 14.9 Å². The second-order valence-corrected chi connectivity index (χ2v) is 7.77. The van der Waals surface area contributed by atoms with Crippen LogP contribution in [-0.2, 0) is 6.54 Å². The van der Waals surface area contributed by atoms with E-state index in [9.17, 15) is 0 Å². The fourth-order valence-corrected chi connectivity index (χ4v) is 4.41. The van der Waals surface area contributed by atoms with E-state index in [0.29, 0.717) is 11.2 Å². The van der Waals surface area contributed by atoms with E-state index >= 15 is 0 Å². The van der Waals surface area contributed by atoms with Gasteiger partial charge in [0, 0.05) is 34.1 Å². The molecule has 7 heteroatoms. The van der Waals surface area contributed by atoms with Crippen LogP contribution >= 0.6 is 35.1 Å². The maximum atomic E-state index is 5.71. The topological polar surface area (TPSA) is 55.0 Å². The molecule has 2 heterocycles. The van der Waals surface area contributed by atoms with Crippen LogP contribution in [0.5, 0.6) is 0 Å². The highest BCUT2D eigenvalue weighted by Gasteiger charge is 2.19. The minimum absolute atomic E-state index is 0. The van der Waals surface area contributed by atoms with Gasteiger partial charge < -0.3 is 5.73 Å². The van der Waals surface area contributed by atoms with E-state index < -0.39 is 0 Å². The van der Waals surface area contributed by atoms with Gasteiger partial charge in [-0.3, -0.25) is 4.90 Å². The first-order valence-corrected chi connectivity index (χ1v) is 9.11. The smallest absolute Gasteiger partial charge is 0.180 e. The molecular weight excluding hydrogens is 360 g/mol. The minimum atomic E-state index is 0. The summed E-state index contributed by atoms with van der Waals surface area (Å²) in [6.07, 6.45) is 1.86. The molecule has 1 atom stereocenters. The van der Waals surface area contributed by atoms with Crippen LogP contribution in [0.1, 0.15) is 28.4 Å². The molecule has 0 aliphatic carbocycles. The summed E-state index contributed by atoms with van der Waals surface area (Å²) in [6.45, 7) is 5.15. The number of aromatic nitrogens is 2. The van der Waals surface area contributed by atoms with Crippen molar-refractivity contribution in [2.45, 2.75) is 26.4 Å². The average Bonchev–Trinajstić information content (AvgIpc) is 3.13. The Morgan fingerprint density at radius 2 is 1.92 bits per heavy atom. The van der Waals surface area contributed by atoms with Crippen LogP contribution in [0.25, 0.3) is 10.6 Å². The van der Waals surface area contributed by atoms with Crippen molar-refractivity contribution in [1.29, 1.82) is 0 Å². The molecule has 2 N–H and O–H groups in total. The standard InChI is InChI=1S/C17H20N4S2.ClH/c1-11-15(23-16(20-11)13-7-5-4-6-8-13)12(2)21(3)10-14-9-19-17(18)22-14;/h4-9,12H,10H2,1-3H3,(H2,18,19);1H. The lowest BCUT2D eigenvalue weighted by Crippen LogP contribution is -2.21. The van der Waals surface area contributed by atoms with Gasteiger partial charge in [-0.2, -0.15) is 0 Å². The van der Waals surface area contributed by atoms with E-state index in [-0.39, 0.29) is 12.4 Å². The molecule has 1 unspecified atom stereocenters. The molecular formula is C17H21ClN4S2. The third kappa shape index (κ3) is 4.13. The van der Waals surface area contributed by atoms with Crippen molar-refractivity contribution in [3.8, 4) is 10.6 Å². The lowest BCUT2D eigenvalue weighted by Gasteiger charge is -2.23. The normalized spacial score (nSPS) is 12.2. The Morgan fingerprint density at radius 1 is 1.21 bits per heavy atom. The van der Waals surface area contributed by atoms with Gasteiger partial charge in [0.15, 0.2) is 5.13 Å². The zero-order chi connectivity index (χ0) is 16.4. The number of aryl methyl sites for hydroxylation is 1. The van der Waals surface area contributed by atoms with Crippen molar-refractivity contribution >= 4 is 40.2 Å². The Kier molecular flexibility index (Phi) is 6.34. The molecule has 0 spiro atoms. The van der Waals surface area contributed by atoms with Gasteiger partial charge in [0.1, 0.15) is 5.01 Å². The second-order valence-electron chi connectivity index (χ2n) is 5.59. The molecule has 0 aliphatic heterocycles. The van der Waals surface area contributed by atoms with E-state index in [1.54, 1.807) is 22.7 Å². The molecule has 0 saturated carbocycles. The first-order valence-electron chi connectivity index (χ1n) is 7.47. The van der Waals surface area contributed by atoms with Gasteiger partial charge >= 0.3 is 0 Å². The highest BCUT2D eigenvalue weighted by atomic mass is 35.5. The predicted octanol–water partition coefficient (Wildman–Crippen LogP) is 4.77. The summed E-state index contributed by atoms with van der Waals surface area (Å²) < 4.78 is 0. The largest absolute Gasteiger partial charge is 0.375 e. The fourth-order valence-electron chi connectivity index (χ4n) is 2.48. The molecule has 0 amide bonds. The third-order valence-electron chi connectivity index (χ3n) is 3.87. The highest BCUT2D eigenvalue weighted by molar-refractivity contribution is 7.15. The number of nitrogens with zero attached hydrogens (tertiary/aromatic N) is 3. The van der Waals surface area contributed by atoms with Gasteiger partial charge in [0.25, 0.3) is 0 Å². The Morgan fingerprint density at radius 3 is 2.54 bits per heavy atom. The zero-order valence-corrected chi connectivity index (χ0v) is 16.3. The zero-order valence-electron chi connectivity index (χ0n) is 13.9. The molecule has 24 heavy (non-hydrogen) atoms. The fraction of sp³-hybridized carbons (Fsp3) is 0.294. The molecule has 3 rings (SSSR count). The van der Waals surface area contributed by atoms with E-state index in [2.05, 4.69) is 55.0 Å². The monoisotopic (exact) mass is 380 g/mol. The van der Waals surface area contributed by atoms with Crippen LogP contribution in [0.4, 0.5) is 5.13 Å². The SMILES string of the molecule is Cc1nc(-c2ccccc2)sc1C(C)N(C)Cc1cnc(N)s1.Cl. The van der Waals surface area contributed by atoms with Gasteiger partial charge in [-0.05, 0) is 20.9 Å². The molecule has 2 aromatic heterocycles. The van der Waals surface area contributed by atoms with E-state index in [4.69, 9.17) is 10.7 Å². The molecule has 1 aromatic carbocycles. The number of benzene rings is 1. The number of hydrogen-bond acceptors (Lipinski definition) is 6. The van der Waals surface area contributed by atoms with Crippen molar-refractivity contribution < 1.29 is 0 Å². The summed E-state index contributed by atoms with van der Waals surface area (Å²) in [6, 6.07) is 10.6. The molecule has 0 radical (unpaired) electrons. The number of halogens is 1. The molecule has 128 valence electrons. The number of hydrogen-bond donors (Lipinski definition) is 1. The third-order valence-corrected chi connectivity index (χ3v) is 6.06. The summed E-state index contributed by atoms with van der Waals surface area (Å²) >= 11 is 3.32. The van der Waals surface area contributed by atoms with Gasteiger partial charge in [0.2, 0.25) is 0 Å². The summed E-state index contributed by atoms with van der Waals surface area (Å²) in [5, 5.41) is 1.71. The van der Waals surface area contributed by atoms with Gasteiger partial charge in [-0.1, -0.05) is 30.3 Å². The minimum Gasteiger partial charge on any atom is -0.375 e. The molecule has 0 bridgehead atoms. The summed E-state index contributed by atoms with van der Waals surface area (Å²) in [4.78, 5) is 13.7. The first kappa shape index (κ1) is 18.9. The highest BCUT2D eigenvalue weighted by Crippen LogP contribution is 2.34. The molecule has 4 nitrogen and oxygen atoms in total. The number of nitrogens with two attached hydrogens (primary N) is 1. The van der Waals surface area contributed by atoms with E-state index in [1.165, 1.54) is 15.3 Å². The average molecular weight is 381 g/mol. The van der Waals surface area contributed by atoms with E-state index in [0.717, 1.165) is 17.2 Å². The van der Waals surface area contributed by atoms with E-state index in [1.807, 2.05) is 12.3 Å². The summed E-state index contributed by atoms with van der Waals surface area (Å²) in [7, 11) is 2.13. The number of thiazole rings is 2. The Bertz CT molecular complexity index is 785. The van der Waals surface area contributed by atoms with Crippen LogP contribution in [0, 0.1) is 6.92 Å². The molecule has 0 fully saturated rings. The molecule has 0 saturated heterocycles. The Balaban J connectivity index is 0.00000208. The van der Waals surface area contributed by atoms with Crippen LogP contribution in [0.3, 0.4) is 0 Å². The first-order chi connectivity index (χ1) is 11.0. The van der Waals surface area contributed by atoms with Crippen LogP contribution in [0.2, 0.25) is 0 Å². The van der Waals surface area contributed by atoms with Crippen LogP contribution < -0.4 is 5.73 Å². The lowest BCUT2D eigenvalue weighted by atomic mass is 10.2. The quantitative estimate of drug-likeness (QED) is 0.692.